The number of nitrogen functional groups attached to an aromatic ring is 1. The lowest BCUT2D eigenvalue weighted by atomic mass is 10.3. The number of rotatable bonds is 3. The first-order valence-electron chi connectivity index (χ1n) is 6.03. The summed E-state index contributed by atoms with van der Waals surface area (Å²) in [5.74, 6) is 6.51. The van der Waals surface area contributed by atoms with Crippen molar-refractivity contribution in [1.29, 1.82) is 0 Å². The highest BCUT2D eigenvalue weighted by Crippen LogP contribution is 2.32. The number of thiophene rings is 1. The van der Waals surface area contributed by atoms with Crippen LogP contribution in [0.3, 0.4) is 0 Å². The Labute approximate surface area is 138 Å². The maximum atomic E-state index is 6.00. The summed E-state index contributed by atoms with van der Waals surface area (Å²) in [5, 5.41) is 4.89. The summed E-state index contributed by atoms with van der Waals surface area (Å²) >= 11 is 11.0. The molecule has 5 nitrogen and oxygen atoms in total. The van der Waals surface area contributed by atoms with E-state index in [9.17, 15) is 0 Å². The molecule has 3 rings (SSSR count). The van der Waals surface area contributed by atoms with E-state index in [4.69, 9.17) is 17.4 Å². The predicted molar refractivity (Wildman–Crippen MR) is 92.4 cm³/mol. The van der Waals surface area contributed by atoms with Crippen molar-refractivity contribution in [2.24, 2.45) is 5.84 Å². The molecule has 3 aromatic rings. The van der Waals surface area contributed by atoms with Crippen LogP contribution >= 0.6 is 38.9 Å². The summed E-state index contributed by atoms with van der Waals surface area (Å²) in [7, 11) is 0. The van der Waals surface area contributed by atoms with Gasteiger partial charge in [0.25, 0.3) is 0 Å². The van der Waals surface area contributed by atoms with Gasteiger partial charge in [0.2, 0.25) is 5.95 Å². The summed E-state index contributed by atoms with van der Waals surface area (Å²) in [6.07, 6.45) is 0. The Morgan fingerprint density at radius 2 is 2.10 bits per heavy atom. The van der Waals surface area contributed by atoms with Gasteiger partial charge in [-0.1, -0.05) is 11.6 Å². The van der Waals surface area contributed by atoms with Gasteiger partial charge in [-0.15, -0.1) is 11.3 Å². The molecule has 0 bridgehead atoms. The molecule has 0 fully saturated rings. The molecule has 2 aromatic heterocycles. The zero-order valence-electron chi connectivity index (χ0n) is 10.9. The van der Waals surface area contributed by atoms with Gasteiger partial charge in [0.05, 0.1) is 10.4 Å². The van der Waals surface area contributed by atoms with Crippen molar-refractivity contribution in [3.63, 3.8) is 0 Å². The number of benzene rings is 1. The number of fused-ring (bicyclic) bond motifs is 1. The highest BCUT2D eigenvalue weighted by molar-refractivity contribution is 9.10. The van der Waals surface area contributed by atoms with Gasteiger partial charge in [-0.2, -0.15) is 4.98 Å². The zero-order chi connectivity index (χ0) is 15.0. The quantitative estimate of drug-likeness (QED) is 0.459. The van der Waals surface area contributed by atoms with Gasteiger partial charge in [-0.05, 0) is 47.1 Å². The van der Waals surface area contributed by atoms with Crippen LogP contribution in [0.25, 0.3) is 10.2 Å². The van der Waals surface area contributed by atoms with Gasteiger partial charge >= 0.3 is 0 Å². The molecule has 8 heteroatoms. The van der Waals surface area contributed by atoms with Crippen LogP contribution in [0.1, 0.15) is 4.88 Å². The summed E-state index contributed by atoms with van der Waals surface area (Å²) in [6, 6.07) is 7.64. The van der Waals surface area contributed by atoms with E-state index in [-0.39, 0.29) is 0 Å². The first kappa shape index (κ1) is 14.5. The van der Waals surface area contributed by atoms with Crippen molar-refractivity contribution in [1.82, 2.24) is 9.97 Å². The van der Waals surface area contributed by atoms with Crippen LogP contribution in [0.2, 0.25) is 5.02 Å². The van der Waals surface area contributed by atoms with Crippen molar-refractivity contribution in [2.75, 3.05) is 10.7 Å². The predicted octanol–water partition coefficient (Wildman–Crippen LogP) is 4.44. The third-order valence-electron chi connectivity index (χ3n) is 2.83. The number of aryl methyl sites for hydroxylation is 1. The summed E-state index contributed by atoms with van der Waals surface area (Å²) in [5.41, 5.74) is 3.36. The molecule has 4 N–H and O–H groups in total. The van der Waals surface area contributed by atoms with Gasteiger partial charge in [-0.25, -0.2) is 10.8 Å². The highest BCUT2D eigenvalue weighted by Gasteiger charge is 2.11. The number of hydrogen-bond acceptors (Lipinski definition) is 6. The van der Waals surface area contributed by atoms with Gasteiger partial charge in [0, 0.05) is 15.0 Å². The van der Waals surface area contributed by atoms with Crippen LogP contribution in [-0.4, -0.2) is 9.97 Å². The van der Waals surface area contributed by atoms with Crippen molar-refractivity contribution >= 4 is 66.5 Å². The molecule has 0 spiro atoms. The zero-order valence-corrected chi connectivity index (χ0v) is 14.1. The molecule has 0 radical (unpaired) electrons. The summed E-state index contributed by atoms with van der Waals surface area (Å²) in [4.78, 5) is 10.8. The smallest absolute Gasteiger partial charge is 0.240 e. The average molecular weight is 385 g/mol. The lowest BCUT2D eigenvalue weighted by molar-refractivity contribution is 1.16. The molecule has 2 heterocycles. The van der Waals surface area contributed by atoms with Gasteiger partial charge in [0.15, 0.2) is 0 Å². The van der Waals surface area contributed by atoms with E-state index in [2.05, 4.69) is 36.6 Å². The van der Waals surface area contributed by atoms with Gasteiger partial charge in [0.1, 0.15) is 10.6 Å². The second kappa shape index (κ2) is 5.76. The van der Waals surface area contributed by atoms with E-state index < -0.39 is 0 Å². The third-order valence-corrected chi connectivity index (χ3v) is 4.99. The van der Waals surface area contributed by atoms with E-state index in [0.717, 1.165) is 25.3 Å². The Kier molecular flexibility index (Phi) is 3.99. The van der Waals surface area contributed by atoms with Crippen LogP contribution in [-0.2, 0) is 0 Å². The van der Waals surface area contributed by atoms with Crippen LogP contribution in [0, 0.1) is 6.92 Å². The Bertz CT molecular complexity index is 820. The number of nitrogens with zero attached hydrogens (tertiary/aromatic N) is 2. The maximum absolute atomic E-state index is 6.00. The molecule has 0 saturated heterocycles. The monoisotopic (exact) mass is 383 g/mol. The minimum Gasteiger partial charge on any atom is -0.339 e. The minimum absolute atomic E-state index is 0.375. The molecule has 0 atom stereocenters. The molecule has 0 aliphatic rings. The van der Waals surface area contributed by atoms with Crippen LogP contribution in [0.5, 0.6) is 0 Å². The fourth-order valence-corrected chi connectivity index (χ4v) is 3.29. The Balaban J connectivity index is 2.07. The van der Waals surface area contributed by atoms with Crippen molar-refractivity contribution in [3.05, 3.63) is 38.6 Å². The molecule has 21 heavy (non-hydrogen) atoms. The largest absolute Gasteiger partial charge is 0.339 e. The highest BCUT2D eigenvalue weighted by atomic mass is 79.9. The number of nitrogens with two attached hydrogens (primary N) is 1. The van der Waals surface area contributed by atoms with Crippen molar-refractivity contribution in [3.8, 4) is 0 Å². The Morgan fingerprint density at radius 3 is 2.81 bits per heavy atom. The van der Waals surface area contributed by atoms with E-state index in [1.165, 1.54) is 0 Å². The first-order valence-corrected chi connectivity index (χ1v) is 8.02. The molecule has 0 aliphatic carbocycles. The molecular formula is C13H11BrClN5S. The van der Waals surface area contributed by atoms with E-state index in [1.54, 1.807) is 11.3 Å². The van der Waals surface area contributed by atoms with E-state index in [1.807, 2.05) is 31.2 Å². The van der Waals surface area contributed by atoms with E-state index >= 15 is 0 Å². The molecule has 0 amide bonds. The van der Waals surface area contributed by atoms with Crippen LogP contribution < -0.4 is 16.6 Å². The topological polar surface area (TPSA) is 75.9 Å². The first-order chi connectivity index (χ1) is 10.1. The SMILES string of the molecule is Cc1cc2c(Nc3ccc(Cl)c(Br)c3)nc(NN)nc2s1. The van der Waals surface area contributed by atoms with E-state index in [0.29, 0.717) is 16.8 Å². The second-order valence-corrected chi connectivity index (χ2v) is 6.87. The van der Waals surface area contributed by atoms with Crippen molar-refractivity contribution in [2.45, 2.75) is 6.92 Å². The number of halogens is 2. The number of hydrazine groups is 1. The molecule has 0 saturated carbocycles. The molecule has 1 aromatic carbocycles. The standard InChI is InChI=1S/C13H11BrClN5S/c1-6-4-8-11(18-13(20-16)19-12(8)21-6)17-7-2-3-10(15)9(14)5-7/h2-5H,16H2,1H3,(H2,17,18,19,20). The summed E-state index contributed by atoms with van der Waals surface area (Å²) in [6.45, 7) is 2.03. The van der Waals surface area contributed by atoms with Crippen molar-refractivity contribution < 1.29 is 0 Å². The molecule has 0 unspecified atom stereocenters. The van der Waals surface area contributed by atoms with Crippen LogP contribution in [0.15, 0.2) is 28.7 Å². The normalized spacial score (nSPS) is 10.9. The number of aromatic nitrogens is 2. The van der Waals surface area contributed by atoms with Crippen LogP contribution in [0.4, 0.5) is 17.5 Å². The fourth-order valence-electron chi connectivity index (χ4n) is 1.91. The number of hydrogen-bond donors (Lipinski definition) is 3. The lowest BCUT2D eigenvalue weighted by Gasteiger charge is -2.09. The second-order valence-electron chi connectivity index (χ2n) is 4.37. The lowest BCUT2D eigenvalue weighted by Crippen LogP contribution is -2.11. The number of anilines is 3. The Morgan fingerprint density at radius 1 is 1.29 bits per heavy atom. The number of nitrogens with one attached hydrogen (secondary N) is 2. The average Bonchev–Trinajstić information content (AvgIpc) is 2.83. The van der Waals surface area contributed by atoms with Gasteiger partial charge in [-0.3, -0.25) is 5.43 Å². The third kappa shape index (κ3) is 2.96. The molecule has 0 aliphatic heterocycles. The molecule has 108 valence electrons. The Hall–Kier alpha value is -1.41. The van der Waals surface area contributed by atoms with Gasteiger partial charge < -0.3 is 5.32 Å². The molecular weight excluding hydrogens is 374 g/mol. The minimum atomic E-state index is 0.375. The summed E-state index contributed by atoms with van der Waals surface area (Å²) < 4.78 is 0.818. The fraction of sp³-hybridized carbons (Fsp3) is 0.0769. The maximum Gasteiger partial charge on any atom is 0.240 e.